The van der Waals surface area contributed by atoms with Gasteiger partial charge in [-0.05, 0) is 26.8 Å². The van der Waals surface area contributed by atoms with Crippen LogP contribution in [0.1, 0.15) is 28.7 Å². The number of ether oxygens (including phenoxy) is 1. The monoisotopic (exact) mass is 220 g/mol. The summed E-state index contributed by atoms with van der Waals surface area (Å²) in [5.74, 6) is -0.371. The van der Waals surface area contributed by atoms with Crippen molar-refractivity contribution in [3.63, 3.8) is 0 Å². The van der Waals surface area contributed by atoms with Gasteiger partial charge in [0.25, 0.3) is 5.71 Å². The number of esters is 1. The van der Waals surface area contributed by atoms with E-state index in [0.717, 1.165) is 0 Å². The second-order valence-electron chi connectivity index (χ2n) is 3.48. The van der Waals surface area contributed by atoms with Gasteiger partial charge in [-0.2, -0.15) is 0 Å². The highest BCUT2D eigenvalue weighted by Gasteiger charge is 2.18. The zero-order chi connectivity index (χ0) is 11.7. The van der Waals surface area contributed by atoms with E-state index in [9.17, 15) is 4.79 Å². The molecule has 5 heteroatoms. The zero-order valence-electron chi connectivity index (χ0n) is 9.40. The van der Waals surface area contributed by atoms with Gasteiger partial charge in [-0.25, -0.2) is 9.78 Å². The molecule has 0 aliphatic heterocycles. The highest BCUT2D eigenvalue weighted by atomic mass is 16.5. The Balaban J connectivity index is 2.66. The SMILES string of the molecule is CCOC(=O)c1cc(C)nc2onc(C)c12. The fraction of sp³-hybridized carbons (Fsp3) is 0.364. The minimum Gasteiger partial charge on any atom is -0.462 e. The summed E-state index contributed by atoms with van der Waals surface area (Å²) in [5.41, 5.74) is 2.18. The van der Waals surface area contributed by atoms with Crippen LogP contribution in [0.15, 0.2) is 10.6 Å². The normalized spacial score (nSPS) is 10.7. The van der Waals surface area contributed by atoms with Crippen molar-refractivity contribution in [2.75, 3.05) is 6.61 Å². The van der Waals surface area contributed by atoms with E-state index in [1.165, 1.54) is 0 Å². The van der Waals surface area contributed by atoms with Crippen LogP contribution in [-0.2, 0) is 4.74 Å². The molecule has 2 rings (SSSR count). The molecule has 16 heavy (non-hydrogen) atoms. The largest absolute Gasteiger partial charge is 0.462 e. The van der Waals surface area contributed by atoms with E-state index < -0.39 is 0 Å². The van der Waals surface area contributed by atoms with Gasteiger partial charge in [0.1, 0.15) is 0 Å². The third kappa shape index (κ3) is 1.64. The number of carbonyl (C=O) groups is 1. The molecule has 2 heterocycles. The van der Waals surface area contributed by atoms with Gasteiger partial charge in [-0.3, -0.25) is 0 Å². The molecule has 84 valence electrons. The van der Waals surface area contributed by atoms with Crippen LogP contribution < -0.4 is 0 Å². The Labute approximate surface area is 92.4 Å². The number of rotatable bonds is 2. The summed E-state index contributed by atoms with van der Waals surface area (Å²) in [6.07, 6.45) is 0. The van der Waals surface area contributed by atoms with Crippen molar-refractivity contribution in [1.82, 2.24) is 10.1 Å². The lowest BCUT2D eigenvalue weighted by Gasteiger charge is -2.03. The van der Waals surface area contributed by atoms with E-state index >= 15 is 0 Å². The molecule has 0 aromatic carbocycles. The van der Waals surface area contributed by atoms with Crippen LogP contribution in [0, 0.1) is 13.8 Å². The van der Waals surface area contributed by atoms with Crippen molar-refractivity contribution in [2.45, 2.75) is 20.8 Å². The van der Waals surface area contributed by atoms with Crippen molar-refractivity contribution in [3.8, 4) is 0 Å². The number of hydrogen-bond acceptors (Lipinski definition) is 5. The molecule has 0 radical (unpaired) electrons. The quantitative estimate of drug-likeness (QED) is 0.724. The fourth-order valence-corrected chi connectivity index (χ4v) is 1.59. The Kier molecular flexibility index (Phi) is 2.60. The summed E-state index contributed by atoms with van der Waals surface area (Å²) in [7, 11) is 0. The predicted molar refractivity (Wildman–Crippen MR) is 57.2 cm³/mol. The highest BCUT2D eigenvalue weighted by Crippen LogP contribution is 2.22. The Morgan fingerprint density at radius 3 is 2.94 bits per heavy atom. The van der Waals surface area contributed by atoms with Crippen LogP contribution in [0.2, 0.25) is 0 Å². The number of aryl methyl sites for hydroxylation is 2. The van der Waals surface area contributed by atoms with Gasteiger partial charge in [-0.1, -0.05) is 5.16 Å². The number of pyridine rings is 1. The highest BCUT2D eigenvalue weighted by molar-refractivity contribution is 6.03. The molecule has 0 bridgehead atoms. The lowest BCUT2D eigenvalue weighted by atomic mass is 10.1. The Bertz CT molecular complexity index is 545. The van der Waals surface area contributed by atoms with Gasteiger partial charge in [0.2, 0.25) is 0 Å². The number of carbonyl (C=O) groups excluding carboxylic acids is 1. The molecule has 0 amide bonds. The lowest BCUT2D eigenvalue weighted by molar-refractivity contribution is 0.0528. The molecule has 5 nitrogen and oxygen atoms in total. The number of fused-ring (bicyclic) bond motifs is 1. The first-order valence-electron chi connectivity index (χ1n) is 5.04. The molecule has 0 unspecified atom stereocenters. The van der Waals surface area contributed by atoms with Crippen LogP contribution in [0.4, 0.5) is 0 Å². The first-order chi connectivity index (χ1) is 7.63. The molecule has 0 N–H and O–H groups in total. The summed E-state index contributed by atoms with van der Waals surface area (Å²) in [4.78, 5) is 15.9. The molecule has 0 spiro atoms. The van der Waals surface area contributed by atoms with Crippen molar-refractivity contribution >= 4 is 17.1 Å². The minimum absolute atomic E-state index is 0.339. The third-order valence-electron chi connectivity index (χ3n) is 2.24. The summed E-state index contributed by atoms with van der Waals surface area (Å²) >= 11 is 0. The van der Waals surface area contributed by atoms with E-state index in [2.05, 4.69) is 10.1 Å². The Morgan fingerprint density at radius 2 is 2.25 bits per heavy atom. The van der Waals surface area contributed by atoms with Gasteiger partial charge in [-0.15, -0.1) is 0 Å². The molecule has 0 saturated heterocycles. The molecule has 0 fully saturated rings. The van der Waals surface area contributed by atoms with Crippen molar-refractivity contribution < 1.29 is 14.1 Å². The summed E-state index contributed by atoms with van der Waals surface area (Å²) in [6, 6.07) is 1.69. The third-order valence-corrected chi connectivity index (χ3v) is 2.24. The average Bonchev–Trinajstić information content (AvgIpc) is 2.59. The average molecular weight is 220 g/mol. The van der Waals surface area contributed by atoms with E-state index in [1.807, 2.05) is 0 Å². The van der Waals surface area contributed by atoms with E-state index in [4.69, 9.17) is 9.26 Å². The molecule has 2 aromatic rings. The maximum absolute atomic E-state index is 11.7. The van der Waals surface area contributed by atoms with Crippen molar-refractivity contribution in [3.05, 3.63) is 23.0 Å². The summed E-state index contributed by atoms with van der Waals surface area (Å²) in [5, 5.41) is 4.42. The smallest absolute Gasteiger partial charge is 0.339 e. The molecule has 2 aromatic heterocycles. The number of aromatic nitrogens is 2. The summed E-state index contributed by atoms with van der Waals surface area (Å²) in [6.45, 7) is 5.67. The summed E-state index contributed by atoms with van der Waals surface area (Å²) < 4.78 is 10.0. The van der Waals surface area contributed by atoms with Crippen LogP contribution in [0.3, 0.4) is 0 Å². The van der Waals surface area contributed by atoms with Crippen LogP contribution in [-0.4, -0.2) is 22.7 Å². The van der Waals surface area contributed by atoms with Crippen LogP contribution >= 0.6 is 0 Å². The Morgan fingerprint density at radius 1 is 1.50 bits per heavy atom. The number of nitrogens with zero attached hydrogens (tertiary/aromatic N) is 2. The maximum Gasteiger partial charge on any atom is 0.339 e. The molecular formula is C11H12N2O3. The van der Waals surface area contributed by atoms with Gasteiger partial charge >= 0.3 is 5.97 Å². The van der Waals surface area contributed by atoms with Gasteiger partial charge in [0.15, 0.2) is 0 Å². The second kappa shape index (κ2) is 3.92. The van der Waals surface area contributed by atoms with Gasteiger partial charge < -0.3 is 9.26 Å². The predicted octanol–water partition coefficient (Wildman–Crippen LogP) is 2.02. The molecule has 0 aliphatic rings. The van der Waals surface area contributed by atoms with E-state index in [1.54, 1.807) is 26.8 Å². The van der Waals surface area contributed by atoms with Crippen molar-refractivity contribution in [1.29, 1.82) is 0 Å². The maximum atomic E-state index is 11.7. The fourth-order valence-electron chi connectivity index (χ4n) is 1.59. The molecule has 0 aliphatic carbocycles. The van der Waals surface area contributed by atoms with Crippen LogP contribution in [0.5, 0.6) is 0 Å². The first kappa shape index (κ1) is 10.6. The molecule has 0 saturated carbocycles. The standard InChI is InChI=1S/C11H12N2O3/c1-4-15-11(14)8-5-6(2)12-10-9(8)7(3)13-16-10/h5H,4H2,1-3H3. The molecular weight excluding hydrogens is 208 g/mol. The van der Waals surface area contributed by atoms with Gasteiger partial charge in [0, 0.05) is 5.69 Å². The molecule has 0 atom stereocenters. The number of hydrogen-bond donors (Lipinski definition) is 0. The Hall–Kier alpha value is -1.91. The van der Waals surface area contributed by atoms with Crippen molar-refractivity contribution in [2.24, 2.45) is 0 Å². The van der Waals surface area contributed by atoms with E-state index in [0.29, 0.717) is 34.7 Å². The topological polar surface area (TPSA) is 65.2 Å². The van der Waals surface area contributed by atoms with E-state index in [-0.39, 0.29) is 5.97 Å². The van der Waals surface area contributed by atoms with Gasteiger partial charge in [0.05, 0.1) is 23.3 Å². The first-order valence-corrected chi connectivity index (χ1v) is 5.04. The van der Waals surface area contributed by atoms with Crippen LogP contribution in [0.25, 0.3) is 11.1 Å². The zero-order valence-corrected chi connectivity index (χ0v) is 9.40. The lowest BCUT2D eigenvalue weighted by Crippen LogP contribution is -2.06. The second-order valence-corrected chi connectivity index (χ2v) is 3.48. The minimum atomic E-state index is -0.371.